The summed E-state index contributed by atoms with van der Waals surface area (Å²) in [6, 6.07) is 6.96. The maximum absolute atomic E-state index is 10.7. The molecule has 0 spiro atoms. The molecule has 6 nitrogen and oxygen atoms in total. The van der Waals surface area contributed by atoms with E-state index in [-0.39, 0.29) is 10.6 Å². The van der Waals surface area contributed by atoms with Crippen LogP contribution in [0.1, 0.15) is 6.42 Å². The van der Waals surface area contributed by atoms with Gasteiger partial charge in [-0.05, 0) is 32.1 Å². The van der Waals surface area contributed by atoms with Gasteiger partial charge in [-0.3, -0.25) is 0 Å². The van der Waals surface area contributed by atoms with Crippen molar-refractivity contribution in [2.45, 2.75) is 6.42 Å². The quantitative estimate of drug-likeness (QED) is 0.807. The lowest BCUT2D eigenvalue weighted by atomic mass is 10.2. The van der Waals surface area contributed by atoms with Crippen molar-refractivity contribution in [3.8, 4) is 0 Å². The first-order chi connectivity index (χ1) is 10.1. The van der Waals surface area contributed by atoms with Crippen LogP contribution in [0.5, 0.6) is 0 Å². The molecule has 0 aromatic heterocycles. The number of benzene rings is 1. The first kappa shape index (κ1) is 15.7. The Kier molecular flexibility index (Phi) is 5.52. The summed E-state index contributed by atoms with van der Waals surface area (Å²) < 4.78 is 0. The van der Waals surface area contributed by atoms with Crippen LogP contribution < -0.4 is 4.90 Å². The van der Waals surface area contributed by atoms with E-state index in [0.717, 1.165) is 51.4 Å². The van der Waals surface area contributed by atoms with Crippen LogP contribution in [0.2, 0.25) is 0 Å². The lowest BCUT2D eigenvalue weighted by Gasteiger charge is -2.32. The highest BCUT2D eigenvalue weighted by atomic mass is 16.6. The second-order valence-electron chi connectivity index (χ2n) is 5.71. The number of piperazine rings is 1. The summed E-state index contributed by atoms with van der Waals surface area (Å²) in [6.07, 6.45) is 1.12. The molecule has 0 radical (unpaired) electrons. The zero-order chi connectivity index (χ0) is 15.2. The molecule has 0 atom stereocenters. The highest BCUT2D eigenvalue weighted by Gasteiger charge is 2.14. The molecular formula is C15H25N4O2+. The predicted molar refractivity (Wildman–Crippen MR) is 83.3 cm³/mol. The summed E-state index contributed by atoms with van der Waals surface area (Å²) in [6.45, 7) is 6.73. The van der Waals surface area contributed by atoms with E-state index in [1.54, 1.807) is 12.1 Å². The average Bonchev–Trinajstić information content (AvgIpc) is 2.49. The molecule has 2 rings (SSSR count). The highest BCUT2D eigenvalue weighted by molar-refractivity contribution is 5.49. The SMILES string of the molecule is CN1CCN(CCCN(C)c2ccc([N+](=O)O)cc2)CC1. The molecule has 21 heavy (non-hydrogen) atoms. The third kappa shape index (κ3) is 4.68. The van der Waals surface area contributed by atoms with Crippen LogP contribution in [0.15, 0.2) is 24.3 Å². The fraction of sp³-hybridized carbons (Fsp3) is 0.600. The molecule has 116 valence electrons. The molecule has 1 aromatic carbocycles. The van der Waals surface area contributed by atoms with E-state index in [0.29, 0.717) is 0 Å². The van der Waals surface area contributed by atoms with E-state index < -0.39 is 0 Å². The van der Waals surface area contributed by atoms with Gasteiger partial charge in [0.15, 0.2) is 0 Å². The Morgan fingerprint density at radius 2 is 1.81 bits per heavy atom. The van der Waals surface area contributed by atoms with Gasteiger partial charge in [-0.1, -0.05) is 0 Å². The molecule has 6 heteroatoms. The van der Waals surface area contributed by atoms with Gasteiger partial charge in [-0.2, -0.15) is 0 Å². The second kappa shape index (κ2) is 7.38. The zero-order valence-electron chi connectivity index (χ0n) is 12.9. The maximum Gasteiger partial charge on any atom is 0.316 e. The van der Waals surface area contributed by atoms with Crippen LogP contribution in [0.25, 0.3) is 0 Å². The lowest BCUT2D eigenvalue weighted by Crippen LogP contribution is -2.45. The standard InChI is InChI=1S/C15H25N4O2/c1-16-10-12-18(13-11-16)9-3-8-17(2)14-4-6-15(7-5-14)19(20)21/h4-7H,3,8-13H2,1-2H3,(H,20,21)/q+1. The van der Waals surface area contributed by atoms with Crippen molar-refractivity contribution in [3.63, 3.8) is 0 Å². The molecule has 1 saturated heterocycles. The van der Waals surface area contributed by atoms with Crippen molar-refractivity contribution in [2.75, 3.05) is 58.3 Å². The van der Waals surface area contributed by atoms with Gasteiger partial charge >= 0.3 is 5.69 Å². The van der Waals surface area contributed by atoms with Gasteiger partial charge in [-0.25, -0.2) is 5.21 Å². The number of nitrogens with zero attached hydrogens (tertiary/aromatic N) is 4. The zero-order valence-corrected chi connectivity index (χ0v) is 12.9. The molecule has 1 aliphatic heterocycles. The first-order valence-electron chi connectivity index (χ1n) is 7.44. The molecule has 0 aliphatic carbocycles. The number of rotatable bonds is 6. The van der Waals surface area contributed by atoms with E-state index in [2.05, 4.69) is 21.7 Å². The summed E-state index contributed by atoms with van der Waals surface area (Å²) in [5, 5.41) is 8.81. The van der Waals surface area contributed by atoms with E-state index in [1.165, 1.54) is 0 Å². The van der Waals surface area contributed by atoms with Gasteiger partial charge in [0.25, 0.3) is 4.92 Å². The minimum absolute atomic E-state index is 0.114. The van der Waals surface area contributed by atoms with Crippen LogP contribution in [-0.2, 0) is 0 Å². The summed E-state index contributed by atoms with van der Waals surface area (Å²) >= 11 is 0. The minimum atomic E-state index is -0.114. The van der Waals surface area contributed by atoms with Crippen molar-refractivity contribution < 1.29 is 10.1 Å². The van der Waals surface area contributed by atoms with Crippen LogP contribution in [0, 0.1) is 4.91 Å². The van der Waals surface area contributed by atoms with Crippen LogP contribution in [0.3, 0.4) is 0 Å². The van der Waals surface area contributed by atoms with Gasteiger partial charge in [0.1, 0.15) is 0 Å². The third-order valence-electron chi connectivity index (χ3n) is 4.08. The van der Waals surface area contributed by atoms with Crippen molar-refractivity contribution >= 4 is 11.4 Å². The minimum Gasteiger partial charge on any atom is -0.375 e. The van der Waals surface area contributed by atoms with Gasteiger partial charge < -0.3 is 14.7 Å². The van der Waals surface area contributed by atoms with Gasteiger partial charge in [0.2, 0.25) is 0 Å². The van der Waals surface area contributed by atoms with Crippen molar-refractivity contribution in [1.29, 1.82) is 0 Å². The fourth-order valence-corrected chi connectivity index (χ4v) is 2.57. The Morgan fingerprint density at radius 1 is 1.19 bits per heavy atom. The third-order valence-corrected chi connectivity index (χ3v) is 4.08. The van der Waals surface area contributed by atoms with Gasteiger partial charge in [0.05, 0.1) is 4.91 Å². The van der Waals surface area contributed by atoms with Crippen LogP contribution >= 0.6 is 0 Å². The molecular weight excluding hydrogens is 268 g/mol. The second-order valence-corrected chi connectivity index (χ2v) is 5.71. The smallest absolute Gasteiger partial charge is 0.316 e. The molecule has 0 unspecified atom stereocenters. The lowest BCUT2D eigenvalue weighted by molar-refractivity contribution is -0.729. The van der Waals surface area contributed by atoms with E-state index in [1.807, 2.05) is 19.2 Å². The number of likely N-dealkylation sites (N-methyl/N-ethyl adjacent to an activating group) is 1. The van der Waals surface area contributed by atoms with Crippen molar-refractivity contribution in [3.05, 3.63) is 29.2 Å². The predicted octanol–water partition coefficient (Wildman–Crippen LogP) is 1.56. The van der Waals surface area contributed by atoms with Crippen molar-refractivity contribution in [1.82, 2.24) is 9.80 Å². The van der Waals surface area contributed by atoms with Gasteiger partial charge in [-0.15, -0.1) is 0 Å². The number of anilines is 1. The number of hydrogen-bond acceptors (Lipinski definition) is 4. The van der Waals surface area contributed by atoms with E-state index >= 15 is 0 Å². The van der Waals surface area contributed by atoms with Crippen molar-refractivity contribution in [2.24, 2.45) is 0 Å². The van der Waals surface area contributed by atoms with Gasteiger partial charge in [0, 0.05) is 57.6 Å². The Balaban J connectivity index is 1.74. The average molecular weight is 293 g/mol. The Hall–Kier alpha value is -1.66. The van der Waals surface area contributed by atoms with Crippen LogP contribution in [-0.4, -0.2) is 73.3 Å². The largest absolute Gasteiger partial charge is 0.375 e. The number of hydrogen-bond donors (Lipinski definition) is 1. The summed E-state index contributed by atoms with van der Waals surface area (Å²) in [5.74, 6) is 0. The monoisotopic (exact) mass is 293 g/mol. The summed E-state index contributed by atoms with van der Waals surface area (Å²) in [7, 11) is 4.22. The molecule has 1 N–H and O–H groups in total. The molecule has 0 amide bonds. The Bertz CT molecular complexity index is 455. The van der Waals surface area contributed by atoms with Crippen LogP contribution in [0.4, 0.5) is 11.4 Å². The molecule has 1 aliphatic rings. The summed E-state index contributed by atoms with van der Waals surface area (Å²) in [5.41, 5.74) is 1.31. The topological polar surface area (TPSA) is 50.0 Å². The molecule has 1 aromatic rings. The van der Waals surface area contributed by atoms with E-state index in [9.17, 15) is 4.91 Å². The molecule has 0 saturated carbocycles. The maximum atomic E-state index is 10.7. The summed E-state index contributed by atoms with van der Waals surface area (Å²) in [4.78, 5) is 17.7. The molecule has 0 bridgehead atoms. The molecule has 1 heterocycles. The fourth-order valence-electron chi connectivity index (χ4n) is 2.57. The normalized spacial score (nSPS) is 16.9. The molecule has 1 fully saturated rings. The highest BCUT2D eigenvalue weighted by Crippen LogP contribution is 2.18. The Morgan fingerprint density at radius 3 is 2.38 bits per heavy atom. The first-order valence-corrected chi connectivity index (χ1v) is 7.44. The van der Waals surface area contributed by atoms with E-state index in [4.69, 9.17) is 5.21 Å². The Labute approximate surface area is 126 Å².